The number of phenolic OH excluding ortho intramolecular Hbond substituents is 1. The molecular weight excluding hydrogens is 547 g/mol. The van der Waals surface area contributed by atoms with Crippen molar-refractivity contribution in [2.45, 2.75) is 23.7 Å². The molecule has 1 N–H and O–H groups in total. The van der Waals surface area contributed by atoms with Crippen molar-refractivity contribution in [2.75, 3.05) is 0 Å². The van der Waals surface area contributed by atoms with Crippen LogP contribution in [0, 0.1) is 3.57 Å². The summed E-state index contributed by atoms with van der Waals surface area (Å²) < 4.78 is 17.0. The Kier molecular flexibility index (Phi) is 8.01. The molecule has 2 unspecified atom stereocenters. The zero-order valence-corrected chi connectivity index (χ0v) is 20.4. The van der Waals surface area contributed by atoms with Gasteiger partial charge in [0.05, 0.1) is 3.57 Å². The van der Waals surface area contributed by atoms with Crippen molar-refractivity contribution < 1.29 is 23.6 Å². The van der Waals surface area contributed by atoms with E-state index in [1.807, 2.05) is 24.3 Å². The molecule has 2 atom stereocenters. The minimum absolute atomic E-state index is 0.0948. The van der Waals surface area contributed by atoms with Gasteiger partial charge in [0, 0.05) is 18.4 Å². The number of allylic oxidation sites excluding steroid dienone is 1. The average molecular weight is 568 g/mol. The number of hydrogen-bond acceptors (Lipinski definition) is 7. The highest BCUT2D eigenvalue weighted by Gasteiger charge is 2.25. The van der Waals surface area contributed by atoms with Crippen molar-refractivity contribution in [1.82, 2.24) is 0 Å². The first-order valence-electron chi connectivity index (χ1n) is 9.25. The van der Waals surface area contributed by atoms with Gasteiger partial charge >= 0.3 is 5.97 Å². The predicted octanol–water partition coefficient (Wildman–Crippen LogP) is 6.25. The van der Waals surface area contributed by atoms with Crippen LogP contribution in [-0.4, -0.2) is 21.9 Å². The molecule has 2 heterocycles. The summed E-state index contributed by atoms with van der Waals surface area (Å²) in [4.78, 5) is 10.4. The Morgan fingerprint density at radius 2 is 1.71 bits per heavy atom. The molecule has 2 aromatic carbocycles. The van der Waals surface area contributed by atoms with Gasteiger partial charge in [-0.1, -0.05) is 37.9 Å². The molecule has 2 aliphatic heterocycles. The predicted molar refractivity (Wildman–Crippen MR) is 135 cm³/mol. The highest BCUT2D eigenvalue weighted by molar-refractivity contribution is 14.1. The number of benzene rings is 2. The van der Waals surface area contributed by atoms with Gasteiger partial charge in [-0.25, -0.2) is 4.79 Å². The minimum Gasteiger partial charge on any atom is -0.508 e. The van der Waals surface area contributed by atoms with Crippen LogP contribution in [0.25, 0.3) is 11.1 Å². The standard InChI is InChI=1S/C18H15IO3S.C5H6O2S/c1-11-9-18(21-12(11)2)23-22-17-8-5-14(10-16(17)19)13-3-6-15(20)7-4-13;1-3-2-4(8)7-5(3)6/h3-8,10,18,20H,1-2,9H2;4,8H,1-2H2. The Morgan fingerprint density at radius 3 is 2.19 bits per heavy atom. The third kappa shape index (κ3) is 6.47. The normalized spacial score (nSPS) is 20.1. The quantitative estimate of drug-likeness (QED) is 0.150. The number of carbonyl (C=O) groups is 1. The molecule has 5 nitrogen and oxygen atoms in total. The first-order valence-corrected chi connectivity index (χ1v) is 11.7. The van der Waals surface area contributed by atoms with Crippen molar-refractivity contribution in [1.29, 1.82) is 0 Å². The van der Waals surface area contributed by atoms with E-state index < -0.39 is 0 Å². The fourth-order valence-corrected chi connectivity index (χ4v) is 4.57. The van der Waals surface area contributed by atoms with E-state index in [-0.39, 0.29) is 22.6 Å². The van der Waals surface area contributed by atoms with Gasteiger partial charge in [-0.15, -0.1) is 12.6 Å². The maximum absolute atomic E-state index is 10.4. The summed E-state index contributed by atoms with van der Waals surface area (Å²) >= 11 is 7.44. The van der Waals surface area contributed by atoms with E-state index in [9.17, 15) is 9.90 Å². The number of hydrogen-bond donors (Lipinski definition) is 2. The van der Waals surface area contributed by atoms with Gasteiger partial charge in [-0.2, -0.15) is 0 Å². The molecule has 2 saturated heterocycles. The summed E-state index contributed by atoms with van der Waals surface area (Å²) in [5.41, 5.74) is 3.21. The molecule has 0 aliphatic carbocycles. The third-order valence-corrected chi connectivity index (χ3v) is 6.30. The molecule has 162 valence electrons. The fourth-order valence-electron chi connectivity index (χ4n) is 2.70. The lowest BCUT2D eigenvalue weighted by Gasteiger charge is -2.12. The van der Waals surface area contributed by atoms with Crippen LogP contribution in [0.15, 0.2) is 79.1 Å². The largest absolute Gasteiger partial charge is 0.508 e. The summed E-state index contributed by atoms with van der Waals surface area (Å²) in [6.45, 7) is 11.2. The van der Waals surface area contributed by atoms with Crippen molar-refractivity contribution >= 4 is 53.2 Å². The topological polar surface area (TPSA) is 65.0 Å². The van der Waals surface area contributed by atoms with Crippen LogP contribution in [0.5, 0.6) is 11.5 Å². The van der Waals surface area contributed by atoms with Gasteiger partial charge in [0.1, 0.15) is 29.0 Å². The Balaban J connectivity index is 0.000000287. The van der Waals surface area contributed by atoms with E-state index in [0.717, 1.165) is 32.4 Å². The number of cyclic esters (lactones) is 1. The van der Waals surface area contributed by atoms with E-state index in [0.29, 0.717) is 17.8 Å². The van der Waals surface area contributed by atoms with E-state index in [1.54, 1.807) is 12.1 Å². The van der Waals surface area contributed by atoms with Crippen molar-refractivity contribution in [3.8, 4) is 22.6 Å². The number of thiol groups is 1. The van der Waals surface area contributed by atoms with Crippen LogP contribution < -0.4 is 4.18 Å². The number of ether oxygens (including phenoxy) is 2. The smallest absolute Gasteiger partial charge is 0.334 e. The Bertz CT molecular complexity index is 987. The van der Waals surface area contributed by atoms with Crippen LogP contribution in [0.4, 0.5) is 0 Å². The van der Waals surface area contributed by atoms with Gasteiger partial charge < -0.3 is 18.8 Å². The molecule has 0 amide bonds. The fraction of sp³-hybridized carbons (Fsp3) is 0.174. The summed E-state index contributed by atoms with van der Waals surface area (Å²) in [6.07, 6.45) is 1.29. The van der Waals surface area contributed by atoms with Gasteiger partial charge in [0.2, 0.25) is 0 Å². The maximum Gasteiger partial charge on any atom is 0.334 e. The second-order valence-electron chi connectivity index (χ2n) is 6.82. The zero-order valence-electron chi connectivity index (χ0n) is 16.5. The molecule has 0 saturated carbocycles. The molecule has 31 heavy (non-hydrogen) atoms. The van der Waals surface area contributed by atoms with Gasteiger partial charge in [-0.3, -0.25) is 0 Å². The summed E-state index contributed by atoms with van der Waals surface area (Å²) in [7, 11) is 0. The molecule has 4 rings (SSSR count). The van der Waals surface area contributed by atoms with E-state index in [4.69, 9.17) is 8.92 Å². The Morgan fingerprint density at radius 1 is 1.03 bits per heavy atom. The van der Waals surface area contributed by atoms with Crippen LogP contribution in [0.2, 0.25) is 0 Å². The number of phenols is 1. The Labute approximate surface area is 204 Å². The number of halogens is 1. The molecule has 0 bridgehead atoms. The molecule has 2 aliphatic rings. The number of aromatic hydroxyl groups is 1. The maximum atomic E-state index is 10.4. The monoisotopic (exact) mass is 568 g/mol. The lowest BCUT2D eigenvalue weighted by Crippen LogP contribution is -2.01. The lowest BCUT2D eigenvalue weighted by atomic mass is 10.1. The molecular formula is C23H21IO5S2. The van der Waals surface area contributed by atoms with Crippen molar-refractivity contribution in [2.24, 2.45) is 0 Å². The summed E-state index contributed by atoms with van der Waals surface area (Å²) in [6, 6.07) is 13.1. The van der Waals surface area contributed by atoms with E-state index in [2.05, 4.69) is 65.8 Å². The van der Waals surface area contributed by atoms with Crippen LogP contribution in [0.1, 0.15) is 12.8 Å². The number of esters is 1. The molecule has 8 heteroatoms. The minimum atomic E-state index is -0.315. The second kappa shape index (κ2) is 10.5. The second-order valence-corrected chi connectivity index (χ2v) is 9.44. The lowest BCUT2D eigenvalue weighted by molar-refractivity contribution is -0.136. The average Bonchev–Trinajstić information content (AvgIpc) is 3.20. The van der Waals surface area contributed by atoms with Crippen LogP contribution in [0.3, 0.4) is 0 Å². The van der Waals surface area contributed by atoms with Gasteiger partial charge in [-0.05, 0) is 63.6 Å². The van der Waals surface area contributed by atoms with Crippen molar-refractivity contribution in [3.63, 3.8) is 0 Å². The molecule has 0 spiro atoms. The third-order valence-electron chi connectivity index (χ3n) is 4.41. The summed E-state index contributed by atoms with van der Waals surface area (Å²) in [5, 5.41) is 9.36. The highest BCUT2D eigenvalue weighted by atomic mass is 127. The highest BCUT2D eigenvalue weighted by Crippen LogP contribution is 2.36. The van der Waals surface area contributed by atoms with Gasteiger partial charge in [0.25, 0.3) is 0 Å². The van der Waals surface area contributed by atoms with Crippen LogP contribution >= 0.6 is 47.3 Å². The zero-order chi connectivity index (χ0) is 22.5. The van der Waals surface area contributed by atoms with Gasteiger partial charge in [0.15, 0.2) is 11.2 Å². The van der Waals surface area contributed by atoms with E-state index >= 15 is 0 Å². The Hall–Kier alpha value is -2.04. The molecule has 2 aromatic rings. The first kappa shape index (κ1) is 23.6. The van der Waals surface area contributed by atoms with Crippen molar-refractivity contribution in [3.05, 3.63) is 82.7 Å². The van der Waals surface area contributed by atoms with E-state index in [1.165, 1.54) is 12.0 Å². The SMILES string of the molecule is C=C1CC(S)OC1=O.C=C1CC(SOc2ccc(-c3ccc(O)cc3)cc2I)OC1=C. The summed E-state index contributed by atoms with van der Waals surface area (Å²) in [5.74, 6) is 1.39. The molecule has 2 fully saturated rings. The first-order chi connectivity index (χ1) is 14.7. The van der Waals surface area contributed by atoms with Crippen LogP contribution in [-0.2, 0) is 14.3 Å². The number of rotatable bonds is 4. The number of carbonyl (C=O) groups excluding carboxylic acids is 1. The molecule has 0 radical (unpaired) electrons. The molecule has 0 aromatic heterocycles.